The quantitative estimate of drug-likeness (QED) is 0.589. The predicted octanol–water partition coefficient (Wildman–Crippen LogP) is 4.26. The molecule has 0 N–H and O–H groups in total. The topological polar surface area (TPSA) is 47.4 Å². The van der Waals surface area contributed by atoms with E-state index in [1.54, 1.807) is 4.57 Å². The summed E-state index contributed by atoms with van der Waals surface area (Å²) in [6.45, 7) is 9.17. The summed E-state index contributed by atoms with van der Waals surface area (Å²) in [5.41, 5.74) is 2.56. The number of fused-ring (bicyclic) bond motifs is 1. The van der Waals surface area contributed by atoms with Crippen LogP contribution in [0.25, 0.3) is 16.6 Å². The Bertz CT molecular complexity index is 1060. The van der Waals surface area contributed by atoms with Crippen molar-refractivity contribution in [3.8, 4) is 11.4 Å². The second kappa shape index (κ2) is 8.37. The zero-order chi connectivity index (χ0) is 20.4. The van der Waals surface area contributed by atoms with Gasteiger partial charge >= 0.3 is 0 Å². The van der Waals surface area contributed by atoms with E-state index in [4.69, 9.17) is 4.74 Å². The van der Waals surface area contributed by atoms with E-state index in [1.165, 1.54) is 19.4 Å². The summed E-state index contributed by atoms with van der Waals surface area (Å²) in [5.74, 6) is 1.51. The van der Waals surface area contributed by atoms with E-state index in [2.05, 4.69) is 16.8 Å². The summed E-state index contributed by atoms with van der Waals surface area (Å²) in [7, 11) is 0. The van der Waals surface area contributed by atoms with Crippen molar-refractivity contribution in [2.75, 3.05) is 19.7 Å². The zero-order valence-corrected chi connectivity index (χ0v) is 17.5. The lowest BCUT2D eigenvalue weighted by Gasteiger charge is -2.20. The Morgan fingerprint density at radius 3 is 2.66 bits per heavy atom. The van der Waals surface area contributed by atoms with Crippen molar-refractivity contribution in [2.45, 2.75) is 46.1 Å². The van der Waals surface area contributed by atoms with Gasteiger partial charge in [-0.3, -0.25) is 9.36 Å². The number of benzene rings is 2. The molecule has 1 aliphatic heterocycles. The molecule has 1 fully saturated rings. The van der Waals surface area contributed by atoms with Crippen LogP contribution in [-0.4, -0.2) is 40.2 Å². The number of hydrogen-bond acceptors (Lipinski definition) is 4. The Morgan fingerprint density at radius 1 is 1.14 bits per heavy atom. The van der Waals surface area contributed by atoms with Gasteiger partial charge < -0.3 is 9.64 Å². The summed E-state index contributed by atoms with van der Waals surface area (Å²) < 4.78 is 7.58. The molecule has 1 aromatic heterocycles. The minimum Gasteiger partial charge on any atom is -0.494 e. The van der Waals surface area contributed by atoms with Crippen LogP contribution in [0.1, 0.15) is 37.6 Å². The molecular weight excluding hydrogens is 362 g/mol. The van der Waals surface area contributed by atoms with Crippen LogP contribution in [-0.2, 0) is 0 Å². The second-order valence-electron chi connectivity index (χ2n) is 8.04. The molecule has 2 heterocycles. The van der Waals surface area contributed by atoms with Gasteiger partial charge in [0.05, 0.1) is 23.2 Å². The molecule has 1 aliphatic rings. The third-order valence-corrected chi connectivity index (χ3v) is 5.84. The molecule has 0 spiro atoms. The Labute approximate surface area is 171 Å². The molecule has 5 nitrogen and oxygen atoms in total. The van der Waals surface area contributed by atoms with Gasteiger partial charge in [0, 0.05) is 12.6 Å². The first-order valence-corrected chi connectivity index (χ1v) is 10.5. The van der Waals surface area contributed by atoms with E-state index < -0.39 is 0 Å². The van der Waals surface area contributed by atoms with Gasteiger partial charge in [-0.15, -0.1) is 0 Å². The van der Waals surface area contributed by atoms with Gasteiger partial charge in [0.15, 0.2) is 0 Å². The van der Waals surface area contributed by atoms with E-state index in [0.29, 0.717) is 23.9 Å². The van der Waals surface area contributed by atoms with Crippen LogP contribution < -0.4 is 10.3 Å². The van der Waals surface area contributed by atoms with Crippen LogP contribution in [0.5, 0.6) is 5.75 Å². The molecule has 0 radical (unpaired) electrons. The lowest BCUT2D eigenvalue weighted by Crippen LogP contribution is -2.28. The molecule has 0 saturated carbocycles. The minimum absolute atomic E-state index is 0.0374. The smallest absolute Gasteiger partial charge is 0.265 e. The number of nitrogens with zero attached hydrogens (tertiary/aromatic N) is 3. The molecule has 2 aromatic carbocycles. The summed E-state index contributed by atoms with van der Waals surface area (Å²) in [6.07, 6.45) is 3.65. The molecule has 3 aromatic rings. The molecule has 0 aliphatic carbocycles. The van der Waals surface area contributed by atoms with Crippen molar-refractivity contribution in [1.82, 2.24) is 14.5 Å². The fraction of sp³-hybridized carbons (Fsp3) is 0.417. The van der Waals surface area contributed by atoms with E-state index in [-0.39, 0.29) is 5.56 Å². The van der Waals surface area contributed by atoms with Crippen LogP contribution in [0, 0.1) is 13.8 Å². The molecular formula is C24H29N3O2. The van der Waals surface area contributed by atoms with Crippen molar-refractivity contribution < 1.29 is 4.74 Å². The molecule has 152 valence electrons. The van der Waals surface area contributed by atoms with Crippen molar-refractivity contribution >= 4 is 10.9 Å². The van der Waals surface area contributed by atoms with Gasteiger partial charge in [0.2, 0.25) is 0 Å². The van der Waals surface area contributed by atoms with Crippen LogP contribution in [0.3, 0.4) is 0 Å². The molecule has 5 heteroatoms. The lowest BCUT2D eigenvalue weighted by molar-refractivity contribution is 0.230. The average Bonchev–Trinajstić information content (AvgIpc) is 3.12. The third kappa shape index (κ3) is 4.20. The molecule has 1 atom stereocenters. The highest BCUT2D eigenvalue weighted by molar-refractivity contribution is 5.78. The summed E-state index contributed by atoms with van der Waals surface area (Å²) in [5, 5.41) is 0.645. The molecule has 0 amide bonds. The van der Waals surface area contributed by atoms with Gasteiger partial charge in [-0.2, -0.15) is 0 Å². The van der Waals surface area contributed by atoms with Crippen LogP contribution in [0.15, 0.2) is 47.3 Å². The van der Waals surface area contributed by atoms with Crippen LogP contribution in [0.2, 0.25) is 0 Å². The summed E-state index contributed by atoms with van der Waals surface area (Å²) in [4.78, 5) is 20.2. The monoisotopic (exact) mass is 391 g/mol. The van der Waals surface area contributed by atoms with E-state index >= 15 is 0 Å². The first-order valence-electron chi connectivity index (χ1n) is 10.5. The van der Waals surface area contributed by atoms with Gasteiger partial charge in [-0.25, -0.2) is 4.98 Å². The number of rotatable bonds is 6. The molecule has 1 saturated heterocycles. The molecule has 4 rings (SSSR count). The van der Waals surface area contributed by atoms with Gasteiger partial charge in [-0.05, 0) is 83.0 Å². The number of aryl methyl sites for hydroxylation is 2. The average molecular weight is 392 g/mol. The van der Waals surface area contributed by atoms with E-state index in [0.717, 1.165) is 35.5 Å². The normalized spacial score (nSPS) is 17.1. The Hall–Kier alpha value is -2.66. The van der Waals surface area contributed by atoms with E-state index in [9.17, 15) is 4.79 Å². The minimum atomic E-state index is -0.0374. The molecule has 0 bridgehead atoms. The van der Waals surface area contributed by atoms with Crippen molar-refractivity contribution in [2.24, 2.45) is 0 Å². The number of aromatic nitrogens is 2. The van der Waals surface area contributed by atoms with Crippen LogP contribution >= 0.6 is 0 Å². The maximum atomic E-state index is 13.0. The Kier molecular flexibility index (Phi) is 5.67. The first kappa shape index (κ1) is 19.6. The molecule has 29 heavy (non-hydrogen) atoms. The Morgan fingerprint density at radius 2 is 1.93 bits per heavy atom. The fourth-order valence-corrected chi connectivity index (χ4v) is 4.19. The summed E-state index contributed by atoms with van der Waals surface area (Å²) in [6, 6.07) is 14.2. The maximum Gasteiger partial charge on any atom is 0.265 e. The third-order valence-electron chi connectivity index (χ3n) is 5.84. The number of hydrogen-bond donors (Lipinski definition) is 0. The highest BCUT2D eigenvalue weighted by atomic mass is 16.5. The highest BCUT2D eigenvalue weighted by Crippen LogP contribution is 2.19. The highest BCUT2D eigenvalue weighted by Gasteiger charge is 2.19. The van der Waals surface area contributed by atoms with Crippen molar-refractivity contribution in [3.63, 3.8) is 0 Å². The van der Waals surface area contributed by atoms with E-state index in [1.807, 2.05) is 56.3 Å². The fourth-order valence-electron chi connectivity index (χ4n) is 4.19. The largest absolute Gasteiger partial charge is 0.494 e. The van der Waals surface area contributed by atoms with Crippen LogP contribution in [0.4, 0.5) is 0 Å². The van der Waals surface area contributed by atoms with Gasteiger partial charge in [0.1, 0.15) is 11.6 Å². The van der Waals surface area contributed by atoms with Gasteiger partial charge in [-0.1, -0.05) is 11.6 Å². The summed E-state index contributed by atoms with van der Waals surface area (Å²) >= 11 is 0. The zero-order valence-electron chi connectivity index (χ0n) is 17.5. The standard InChI is InChI=1S/C24H29N3O2/c1-17-7-12-23-22(16-17)24(28)27(19(3)25-23)20-8-10-21(11-9-20)29-15-5-14-26-13-4-6-18(26)2/h7-12,16,18H,4-6,13-15H2,1-3H3/t18-/m0/s1. The number of ether oxygens (including phenoxy) is 1. The Balaban J connectivity index is 1.46. The van der Waals surface area contributed by atoms with Crippen molar-refractivity contribution in [3.05, 3.63) is 64.2 Å². The van der Waals surface area contributed by atoms with Gasteiger partial charge in [0.25, 0.3) is 5.56 Å². The maximum absolute atomic E-state index is 13.0. The first-order chi connectivity index (χ1) is 14.0. The van der Waals surface area contributed by atoms with Crippen molar-refractivity contribution in [1.29, 1.82) is 0 Å². The SMILES string of the molecule is Cc1ccc2nc(C)n(-c3ccc(OCCCN4CCC[C@@H]4C)cc3)c(=O)c2c1. The number of likely N-dealkylation sites (tertiary alicyclic amines) is 1. The lowest BCUT2D eigenvalue weighted by atomic mass is 10.1. The second-order valence-corrected chi connectivity index (χ2v) is 8.04. The molecule has 0 unspecified atom stereocenters. The predicted molar refractivity (Wildman–Crippen MR) is 117 cm³/mol.